The Bertz CT molecular complexity index is 702. The molecule has 0 bridgehead atoms. The van der Waals surface area contributed by atoms with Crippen molar-refractivity contribution in [2.75, 3.05) is 13.6 Å². The van der Waals surface area contributed by atoms with E-state index in [1.54, 1.807) is 13.2 Å². The standard InChI is InChI=1S/C17H20F2N4O/c1-22(16(24)14-9-17(18,19)12-21-14)11-15-20-7-8-23(15)10-13-5-3-2-4-6-13/h2-8,14,21H,9-12H2,1H3. The Kier molecular flexibility index (Phi) is 4.62. The fraction of sp³-hybridized carbons (Fsp3) is 0.412. The number of benzene rings is 1. The minimum absolute atomic E-state index is 0.280. The number of alkyl halides is 2. The van der Waals surface area contributed by atoms with Gasteiger partial charge >= 0.3 is 0 Å². The molecule has 2 heterocycles. The molecule has 1 N–H and O–H groups in total. The van der Waals surface area contributed by atoms with Gasteiger partial charge in [-0.3, -0.25) is 10.1 Å². The fourth-order valence-corrected chi connectivity index (χ4v) is 2.86. The van der Waals surface area contributed by atoms with Crippen LogP contribution in [0, 0.1) is 0 Å². The molecule has 1 fully saturated rings. The van der Waals surface area contributed by atoms with Crippen molar-refractivity contribution in [3.8, 4) is 0 Å². The molecule has 1 aromatic carbocycles. The smallest absolute Gasteiger partial charge is 0.262 e. The molecule has 0 saturated carbocycles. The number of carbonyl (C=O) groups is 1. The van der Waals surface area contributed by atoms with Crippen LogP contribution < -0.4 is 5.32 Å². The van der Waals surface area contributed by atoms with E-state index < -0.39 is 24.9 Å². The Labute approximate surface area is 139 Å². The Hall–Kier alpha value is -2.28. The van der Waals surface area contributed by atoms with Crippen LogP contribution in [0.25, 0.3) is 0 Å². The summed E-state index contributed by atoms with van der Waals surface area (Å²) in [6.07, 6.45) is 3.08. The van der Waals surface area contributed by atoms with Crippen molar-refractivity contribution in [1.29, 1.82) is 0 Å². The van der Waals surface area contributed by atoms with Gasteiger partial charge in [-0.05, 0) is 5.56 Å². The van der Waals surface area contributed by atoms with Crippen LogP contribution in [0.3, 0.4) is 0 Å². The summed E-state index contributed by atoms with van der Waals surface area (Å²) in [5.74, 6) is -2.42. The number of imidazole rings is 1. The zero-order chi connectivity index (χ0) is 17.2. The number of rotatable bonds is 5. The lowest BCUT2D eigenvalue weighted by Gasteiger charge is -2.21. The summed E-state index contributed by atoms with van der Waals surface area (Å²) in [6.45, 7) is 0.486. The largest absolute Gasteiger partial charge is 0.337 e. The van der Waals surface area contributed by atoms with Gasteiger partial charge in [-0.2, -0.15) is 0 Å². The molecule has 1 atom stereocenters. The van der Waals surface area contributed by atoms with Gasteiger partial charge in [0.1, 0.15) is 5.82 Å². The molecule has 1 saturated heterocycles. The first-order valence-corrected chi connectivity index (χ1v) is 7.85. The number of nitrogens with one attached hydrogen (secondary N) is 1. The maximum atomic E-state index is 13.3. The summed E-state index contributed by atoms with van der Waals surface area (Å²) in [5, 5.41) is 2.59. The third kappa shape index (κ3) is 3.79. The molecular weight excluding hydrogens is 314 g/mol. The highest BCUT2D eigenvalue weighted by molar-refractivity contribution is 5.82. The molecule has 7 heteroatoms. The number of aromatic nitrogens is 2. The van der Waals surface area contributed by atoms with Crippen LogP contribution in [0.15, 0.2) is 42.7 Å². The molecule has 1 amide bonds. The van der Waals surface area contributed by atoms with Gasteiger partial charge in [-0.1, -0.05) is 30.3 Å². The average molecular weight is 334 g/mol. The molecule has 1 unspecified atom stereocenters. The highest BCUT2D eigenvalue weighted by atomic mass is 19.3. The second-order valence-corrected chi connectivity index (χ2v) is 6.14. The summed E-state index contributed by atoms with van der Waals surface area (Å²) >= 11 is 0. The fourth-order valence-electron chi connectivity index (χ4n) is 2.86. The summed E-state index contributed by atoms with van der Waals surface area (Å²) in [5.41, 5.74) is 1.13. The summed E-state index contributed by atoms with van der Waals surface area (Å²) in [6, 6.07) is 9.09. The Morgan fingerprint density at radius 2 is 2.17 bits per heavy atom. The van der Waals surface area contributed by atoms with Gasteiger partial charge in [0.15, 0.2) is 0 Å². The van der Waals surface area contributed by atoms with Gasteiger partial charge in [0.2, 0.25) is 5.91 Å². The van der Waals surface area contributed by atoms with Gasteiger partial charge in [0, 0.05) is 32.4 Å². The molecular formula is C17H20F2N4O. The predicted molar refractivity (Wildman–Crippen MR) is 85.6 cm³/mol. The summed E-state index contributed by atoms with van der Waals surface area (Å²) < 4.78 is 28.5. The monoisotopic (exact) mass is 334 g/mol. The molecule has 1 aliphatic heterocycles. The van der Waals surface area contributed by atoms with Crippen LogP contribution in [0.4, 0.5) is 8.78 Å². The van der Waals surface area contributed by atoms with Crippen molar-refractivity contribution < 1.29 is 13.6 Å². The summed E-state index contributed by atoms with van der Waals surface area (Å²) in [7, 11) is 1.61. The number of carbonyl (C=O) groups excluding carboxylic acids is 1. The molecule has 0 radical (unpaired) electrons. The molecule has 0 spiro atoms. The summed E-state index contributed by atoms with van der Waals surface area (Å²) in [4.78, 5) is 18.1. The lowest BCUT2D eigenvalue weighted by atomic mass is 10.1. The van der Waals surface area contributed by atoms with Crippen molar-refractivity contribution in [2.24, 2.45) is 0 Å². The molecule has 3 rings (SSSR count). The van der Waals surface area contributed by atoms with Crippen LogP contribution >= 0.6 is 0 Å². The third-order valence-corrected chi connectivity index (χ3v) is 4.16. The first-order chi connectivity index (χ1) is 11.4. The van der Waals surface area contributed by atoms with Gasteiger partial charge < -0.3 is 9.47 Å². The van der Waals surface area contributed by atoms with E-state index in [0.717, 1.165) is 11.4 Å². The zero-order valence-corrected chi connectivity index (χ0v) is 13.5. The normalized spacial score (nSPS) is 19.4. The highest BCUT2D eigenvalue weighted by Gasteiger charge is 2.43. The van der Waals surface area contributed by atoms with Crippen LogP contribution in [0.2, 0.25) is 0 Å². The van der Waals surface area contributed by atoms with E-state index in [-0.39, 0.29) is 12.5 Å². The Balaban J connectivity index is 1.64. The maximum absolute atomic E-state index is 13.3. The van der Waals surface area contributed by atoms with Crippen molar-refractivity contribution >= 4 is 5.91 Å². The molecule has 1 aliphatic rings. The number of hydrogen-bond donors (Lipinski definition) is 1. The minimum Gasteiger partial charge on any atom is -0.337 e. The molecule has 0 aliphatic carbocycles. The predicted octanol–water partition coefficient (Wildman–Crippen LogP) is 1.89. The second-order valence-electron chi connectivity index (χ2n) is 6.14. The van der Waals surface area contributed by atoms with Gasteiger partial charge in [-0.15, -0.1) is 0 Å². The second kappa shape index (κ2) is 6.68. The van der Waals surface area contributed by atoms with Crippen molar-refractivity contribution in [2.45, 2.75) is 31.5 Å². The Morgan fingerprint density at radius 3 is 2.83 bits per heavy atom. The quantitative estimate of drug-likeness (QED) is 0.908. The first kappa shape index (κ1) is 16.6. The van der Waals surface area contributed by atoms with Crippen molar-refractivity contribution in [1.82, 2.24) is 19.8 Å². The Morgan fingerprint density at radius 1 is 1.42 bits per heavy atom. The highest BCUT2D eigenvalue weighted by Crippen LogP contribution is 2.26. The number of likely N-dealkylation sites (N-methyl/N-ethyl adjacent to an activating group) is 1. The number of amides is 1. The minimum atomic E-state index is -2.81. The molecule has 2 aromatic rings. The first-order valence-electron chi connectivity index (χ1n) is 7.85. The van der Waals surface area contributed by atoms with E-state index in [1.165, 1.54) is 4.90 Å². The third-order valence-electron chi connectivity index (χ3n) is 4.16. The van der Waals surface area contributed by atoms with E-state index in [9.17, 15) is 13.6 Å². The van der Waals surface area contributed by atoms with Crippen LogP contribution in [0.1, 0.15) is 17.8 Å². The molecule has 1 aromatic heterocycles. The zero-order valence-electron chi connectivity index (χ0n) is 13.5. The van der Waals surface area contributed by atoms with Gasteiger partial charge in [0.25, 0.3) is 5.92 Å². The van der Waals surface area contributed by atoms with Gasteiger partial charge in [0.05, 0.1) is 19.1 Å². The SMILES string of the molecule is CN(Cc1nccn1Cc1ccccc1)C(=O)C1CC(F)(F)CN1. The lowest BCUT2D eigenvalue weighted by Crippen LogP contribution is -2.41. The van der Waals surface area contributed by atoms with Gasteiger partial charge in [-0.25, -0.2) is 13.8 Å². The van der Waals surface area contributed by atoms with Crippen LogP contribution in [-0.4, -0.2) is 45.9 Å². The van der Waals surface area contributed by atoms with E-state index in [2.05, 4.69) is 10.3 Å². The molecule has 5 nitrogen and oxygen atoms in total. The average Bonchev–Trinajstić information content (AvgIpc) is 3.14. The lowest BCUT2D eigenvalue weighted by molar-refractivity contribution is -0.133. The number of halogens is 2. The number of hydrogen-bond acceptors (Lipinski definition) is 3. The maximum Gasteiger partial charge on any atom is 0.262 e. The molecule has 24 heavy (non-hydrogen) atoms. The van der Waals surface area contributed by atoms with E-state index in [1.807, 2.05) is 41.1 Å². The van der Waals surface area contributed by atoms with E-state index in [0.29, 0.717) is 6.54 Å². The van der Waals surface area contributed by atoms with Crippen molar-refractivity contribution in [3.05, 3.63) is 54.1 Å². The van der Waals surface area contributed by atoms with E-state index in [4.69, 9.17) is 0 Å². The molecule has 128 valence electrons. The van der Waals surface area contributed by atoms with Crippen LogP contribution in [0.5, 0.6) is 0 Å². The van der Waals surface area contributed by atoms with E-state index >= 15 is 0 Å². The van der Waals surface area contributed by atoms with Crippen LogP contribution in [-0.2, 0) is 17.9 Å². The topological polar surface area (TPSA) is 50.2 Å². The van der Waals surface area contributed by atoms with Crippen molar-refractivity contribution in [3.63, 3.8) is 0 Å². The number of nitrogens with zero attached hydrogens (tertiary/aromatic N) is 3.